The lowest BCUT2D eigenvalue weighted by molar-refractivity contribution is -0.136. The first kappa shape index (κ1) is 21.0. The number of aromatic nitrogens is 3. The predicted molar refractivity (Wildman–Crippen MR) is 104 cm³/mol. The maximum absolute atomic E-state index is 12.1. The number of thioether (sulfide) groups is 1. The molecule has 2 aromatic rings. The van der Waals surface area contributed by atoms with Gasteiger partial charge in [-0.3, -0.25) is 24.5 Å². The second-order valence-corrected chi connectivity index (χ2v) is 7.03. The van der Waals surface area contributed by atoms with Crippen LogP contribution in [0.1, 0.15) is 12.0 Å². The number of ether oxygens (including phenoxy) is 2. The second-order valence-electron chi connectivity index (χ2n) is 5.86. The quantitative estimate of drug-likeness (QED) is 0.255. The number of imide groups is 1. The second kappa shape index (κ2) is 9.65. The molecule has 12 nitrogen and oxygen atoms in total. The molecular formula is C17H16N6O6S. The van der Waals surface area contributed by atoms with Crippen molar-refractivity contribution in [1.29, 1.82) is 0 Å². The summed E-state index contributed by atoms with van der Waals surface area (Å²) < 4.78 is 11.8. The van der Waals surface area contributed by atoms with Gasteiger partial charge in [-0.25, -0.2) is 15.1 Å². The molecule has 1 aliphatic rings. The Hall–Kier alpha value is -3.74. The number of rotatable bonds is 8. The zero-order valence-corrected chi connectivity index (χ0v) is 16.4. The molecule has 3 rings (SSSR count). The minimum absolute atomic E-state index is 0.0293. The third-order valence-electron chi connectivity index (χ3n) is 3.71. The fourth-order valence-corrected chi connectivity index (χ4v) is 3.17. The number of amides is 3. The molecular weight excluding hydrogens is 416 g/mol. The maximum Gasteiger partial charge on any atom is 0.312 e. The summed E-state index contributed by atoms with van der Waals surface area (Å²) in [5.74, 6) is -1.20. The van der Waals surface area contributed by atoms with E-state index in [1.165, 1.54) is 36.7 Å². The summed E-state index contributed by atoms with van der Waals surface area (Å²) >= 11 is 0.745. The number of esters is 1. The van der Waals surface area contributed by atoms with Crippen LogP contribution in [0.2, 0.25) is 0 Å². The molecule has 0 saturated carbocycles. The molecule has 2 heterocycles. The van der Waals surface area contributed by atoms with Crippen molar-refractivity contribution in [3.63, 3.8) is 0 Å². The fraction of sp³-hybridized carbons (Fsp3) is 0.235. The number of carbonyl (C=O) groups is 4. The Kier molecular flexibility index (Phi) is 6.75. The summed E-state index contributed by atoms with van der Waals surface area (Å²) in [4.78, 5) is 50.3. The molecule has 2 N–H and O–H groups in total. The molecule has 1 aromatic carbocycles. The van der Waals surface area contributed by atoms with Crippen molar-refractivity contribution in [1.82, 2.24) is 25.5 Å². The van der Waals surface area contributed by atoms with Crippen LogP contribution in [-0.2, 0) is 20.9 Å². The first-order valence-corrected chi connectivity index (χ1v) is 9.37. The van der Waals surface area contributed by atoms with E-state index >= 15 is 0 Å². The molecule has 0 spiro atoms. The molecule has 1 aliphatic heterocycles. The van der Waals surface area contributed by atoms with E-state index in [2.05, 4.69) is 25.9 Å². The van der Waals surface area contributed by atoms with E-state index in [0.717, 1.165) is 11.8 Å². The molecule has 1 saturated heterocycles. The maximum atomic E-state index is 12.1. The molecule has 0 radical (unpaired) electrons. The van der Waals surface area contributed by atoms with Gasteiger partial charge in [0.05, 0.1) is 19.7 Å². The molecule has 13 heteroatoms. The van der Waals surface area contributed by atoms with Crippen LogP contribution >= 0.6 is 11.8 Å². The smallest absolute Gasteiger partial charge is 0.312 e. The van der Waals surface area contributed by atoms with Gasteiger partial charge < -0.3 is 9.47 Å². The van der Waals surface area contributed by atoms with Gasteiger partial charge in [0.2, 0.25) is 5.91 Å². The van der Waals surface area contributed by atoms with E-state index < -0.39 is 22.4 Å². The Labute approximate surface area is 174 Å². The van der Waals surface area contributed by atoms with Gasteiger partial charge in [0.15, 0.2) is 11.5 Å². The summed E-state index contributed by atoms with van der Waals surface area (Å²) in [6, 6.07) is 4.64. The third-order valence-corrected chi connectivity index (χ3v) is 4.69. The van der Waals surface area contributed by atoms with Gasteiger partial charge >= 0.3 is 5.97 Å². The zero-order valence-electron chi connectivity index (χ0n) is 15.6. The van der Waals surface area contributed by atoms with Crippen LogP contribution in [-0.4, -0.2) is 56.4 Å². The molecule has 0 aliphatic carbocycles. The molecule has 1 atom stereocenters. The summed E-state index contributed by atoms with van der Waals surface area (Å²) in [5.41, 5.74) is 2.92. The normalized spacial score (nSPS) is 15.8. The average Bonchev–Trinajstić information content (AvgIpc) is 3.32. The van der Waals surface area contributed by atoms with Gasteiger partial charge in [-0.1, -0.05) is 11.8 Å². The van der Waals surface area contributed by atoms with Crippen LogP contribution in [0.3, 0.4) is 0 Å². The van der Waals surface area contributed by atoms with Gasteiger partial charge in [-0.2, -0.15) is 10.2 Å². The minimum Gasteiger partial charge on any atom is -0.493 e. The number of nitrogens with one attached hydrogen (secondary N) is 2. The van der Waals surface area contributed by atoms with Crippen molar-refractivity contribution in [3.8, 4) is 11.5 Å². The number of methoxy groups -OCH3 is 1. The highest BCUT2D eigenvalue weighted by Gasteiger charge is 2.34. The average molecular weight is 432 g/mol. The Morgan fingerprint density at radius 3 is 2.87 bits per heavy atom. The Morgan fingerprint density at radius 2 is 2.20 bits per heavy atom. The molecule has 0 bridgehead atoms. The van der Waals surface area contributed by atoms with Crippen LogP contribution in [0.5, 0.6) is 11.5 Å². The molecule has 1 aromatic heterocycles. The number of hydrogen-bond donors (Lipinski definition) is 2. The number of nitrogens with zero attached hydrogens (tertiary/aromatic N) is 4. The Morgan fingerprint density at radius 1 is 1.37 bits per heavy atom. The molecule has 0 unspecified atom stereocenters. The van der Waals surface area contributed by atoms with Crippen molar-refractivity contribution >= 4 is 41.0 Å². The molecule has 156 valence electrons. The third kappa shape index (κ3) is 5.64. The van der Waals surface area contributed by atoms with E-state index in [1.807, 2.05) is 0 Å². The zero-order chi connectivity index (χ0) is 21.5. The van der Waals surface area contributed by atoms with Crippen LogP contribution in [0.4, 0.5) is 4.79 Å². The summed E-state index contributed by atoms with van der Waals surface area (Å²) in [6.45, 7) is -0.0293. The first-order valence-electron chi connectivity index (χ1n) is 8.49. The van der Waals surface area contributed by atoms with Crippen molar-refractivity contribution in [2.45, 2.75) is 18.2 Å². The highest BCUT2D eigenvalue weighted by Crippen LogP contribution is 2.29. The van der Waals surface area contributed by atoms with E-state index in [-0.39, 0.29) is 30.4 Å². The van der Waals surface area contributed by atoms with Gasteiger partial charge in [0.25, 0.3) is 11.1 Å². The molecule has 1 fully saturated rings. The van der Waals surface area contributed by atoms with Crippen LogP contribution in [0, 0.1) is 0 Å². The number of hydrogen-bond acceptors (Lipinski definition) is 10. The highest BCUT2D eigenvalue weighted by atomic mass is 32.2. The summed E-state index contributed by atoms with van der Waals surface area (Å²) in [5, 5.41) is 8.45. The van der Waals surface area contributed by atoms with Crippen LogP contribution in [0.25, 0.3) is 0 Å². The topological polar surface area (TPSA) is 154 Å². The van der Waals surface area contributed by atoms with Gasteiger partial charge in [-0.05, 0) is 23.8 Å². The lowest BCUT2D eigenvalue weighted by Crippen LogP contribution is -2.27. The molecule has 3 amide bonds. The lowest BCUT2D eigenvalue weighted by atomic mass is 10.2. The minimum atomic E-state index is -0.816. The van der Waals surface area contributed by atoms with Gasteiger partial charge in [0, 0.05) is 0 Å². The van der Waals surface area contributed by atoms with E-state index in [4.69, 9.17) is 9.47 Å². The van der Waals surface area contributed by atoms with E-state index in [0.29, 0.717) is 5.56 Å². The van der Waals surface area contributed by atoms with E-state index in [1.54, 1.807) is 12.1 Å². The first-order chi connectivity index (χ1) is 14.4. The Balaban J connectivity index is 1.56. The van der Waals surface area contributed by atoms with Crippen molar-refractivity contribution in [2.75, 3.05) is 7.11 Å². The Bertz CT molecular complexity index is 993. The van der Waals surface area contributed by atoms with Crippen LogP contribution in [0.15, 0.2) is 36.0 Å². The van der Waals surface area contributed by atoms with E-state index in [9.17, 15) is 19.2 Å². The lowest BCUT2D eigenvalue weighted by Gasteiger charge is -2.10. The predicted octanol–water partition coefficient (Wildman–Crippen LogP) is 0.0841. The molecule has 30 heavy (non-hydrogen) atoms. The number of benzene rings is 1. The summed E-state index contributed by atoms with van der Waals surface area (Å²) in [6.07, 6.45) is 3.85. The summed E-state index contributed by atoms with van der Waals surface area (Å²) in [7, 11) is 1.40. The van der Waals surface area contributed by atoms with Crippen molar-refractivity contribution < 1.29 is 28.7 Å². The van der Waals surface area contributed by atoms with Crippen LogP contribution < -0.4 is 20.2 Å². The fourth-order valence-electron chi connectivity index (χ4n) is 2.37. The standard InChI is InChI=1S/C17H16N6O6S/c1-28-12-4-10(6-19-22-14(24)7-23-9-18-8-20-23)2-3-11(12)29-15(25)5-13-16(26)21-17(27)30-13/h2-4,6,8-9,13H,5,7H2,1H3,(H,22,24)(H,21,26,27)/b19-6+/t13-/m1/s1. The monoisotopic (exact) mass is 432 g/mol. The van der Waals surface area contributed by atoms with Gasteiger partial charge in [-0.15, -0.1) is 0 Å². The van der Waals surface area contributed by atoms with Crippen molar-refractivity contribution in [2.24, 2.45) is 5.10 Å². The van der Waals surface area contributed by atoms with Gasteiger partial charge in [0.1, 0.15) is 24.4 Å². The number of carbonyl (C=O) groups excluding carboxylic acids is 4. The van der Waals surface area contributed by atoms with Crippen molar-refractivity contribution in [3.05, 3.63) is 36.4 Å². The number of hydrazone groups is 1. The SMILES string of the molecule is COc1cc(/C=N/NC(=O)Cn2cncn2)ccc1OC(=O)C[C@H]1SC(=O)NC1=O. The highest BCUT2D eigenvalue weighted by molar-refractivity contribution is 8.15. The largest absolute Gasteiger partial charge is 0.493 e.